The predicted octanol–water partition coefficient (Wildman–Crippen LogP) is -2.65. The molecule has 1 aliphatic heterocycles. The molecule has 5 atom stereocenters. The Hall–Kier alpha value is -1.80. The van der Waals surface area contributed by atoms with Gasteiger partial charge in [-0.2, -0.15) is 0 Å². The Bertz CT molecular complexity index is 1470. The van der Waals surface area contributed by atoms with Crippen molar-refractivity contribution in [1.82, 2.24) is 9.55 Å². The lowest BCUT2D eigenvalue weighted by Gasteiger charge is -2.37. The summed E-state index contributed by atoms with van der Waals surface area (Å²) in [7, 11) is -18.1. The number of nitrogens with one attached hydrogen (secondary N) is 5. The van der Waals surface area contributed by atoms with E-state index >= 15 is 0 Å². The van der Waals surface area contributed by atoms with Gasteiger partial charge in [-0.1, -0.05) is 5.11 Å². The number of phosphoric ester groups is 1. The van der Waals surface area contributed by atoms with Crippen molar-refractivity contribution in [3.05, 3.63) is 43.0 Å². The molecule has 0 saturated carbocycles. The molecule has 0 spiro atoms. The summed E-state index contributed by atoms with van der Waals surface area (Å²) in [5, 5.41) is 3.37. The first-order valence-electron chi connectivity index (χ1n) is 20.6. The molecule has 1 aromatic heterocycles. The zero-order chi connectivity index (χ0) is 46.4. The minimum absolute atomic E-state index is 0.140. The van der Waals surface area contributed by atoms with Crippen molar-refractivity contribution in [2.24, 2.45) is 5.11 Å². The molecular formula is C34H76N9O13P3. The maximum Gasteiger partial charge on any atom is 0.330 e. The SMILES string of the molecule is CC[NH+](CC)CC.CC[NH+](CC)CC.CC[NH+](CC)CC.CC[NH+](CC)CC.Cc1cn(C2CC(N=[N+]=[N-])C(COP(=O)([O-])OP(=O)([O-])OP(=O)([O-])[O-])O2)c(=O)[nH]c1=O. The van der Waals surface area contributed by atoms with Gasteiger partial charge in [0.2, 0.25) is 0 Å². The molecule has 1 aromatic rings. The van der Waals surface area contributed by atoms with Crippen LogP contribution in [-0.2, 0) is 31.6 Å². The minimum atomic E-state index is -6.14. The van der Waals surface area contributed by atoms with Crippen molar-refractivity contribution < 1.29 is 70.8 Å². The number of rotatable bonds is 21. The summed E-state index contributed by atoms with van der Waals surface area (Å²) in [6, 6.07) is -1.10. The third kappa shape index (κ3) is 29.2. The molecule has 0 bridgehead atoms. The molecule has 1 aliphatic rings. The Morgan fingerprint density at radius 2 is 1.10 bits per heavy atom. The van der Waals surface area contributed by atoms with E-state index in [1.807, 2.05) is 4.98 Å². The molecule has 2 rings (SSSR count). The number of aromatic amines is 1. The summed E-state index contributed by atoms with van der Waals surface area (Å²) >= 11 is 0. The van der Waals surface area contributed by atoms with Crippen LogP contribution in [0.25, 0.3) is 10.4 Å². The summed E-state index contributed by atoms with van der Waals surface area (Å²) in [6.45, 7) is 42.3. The highest BCUT2D eigenvalue weighted by molar-refractivity contribution is 7.64. The first-order valence-corrected chi connectivity index (χ1v) is 25.0. The van der Waals surface area contributed by atoms with Gasteiger partial charge in [-0.25, -0.2) is 9.11 Å². The fraction of sp³-hybridized carbons (Fsp3) is 0.882. The van der Waals surface area contributed by atoms with E-state index < -0.39 is 59.7 Å². The van der Waals surface area contributed by atoms with Gasteiger partial charge in [-0.05, 0) is 95.5 Å². The van der Waals surface area contributed by atoms with Gasteiger partial charge in [0.25, 0.3) is 21.2 Å². The predicted molar refractivity (Wildman–Crippen MR) is 219 cm³/mol. The van der Waals surface area contributed by atoms with Gasteiger partial charge >= 0.3 is 5.69 Å². The standard InChI is InChI=1S/C10H16N5O13P3.4C6H15N/c1-5-3-15(10(17)12-9(5)16)8-2-6(13-14-11)7(26-8)4-25-30(21,22)28-31(23,24)27-29(18,19)20;4*1-4-7(5-2)6-3/h3,6-8H,2,4H2,1H3,(H,21,22)(H,23,24)(H,12,16,17)(H2,18,19,20);4*4-6H2,1-3H3. The second kappa shape index (κ2) is 33.8. The van der Waals surface area contributed by atoms with E-state index in [9.17, 15) is 42.9 Å². The highest BCUT2D eigenvalue weighted by Gasteiger charge is 2.37. The number of H-pyrrole nitrogens is 1. The van der Waals surface area contributed by atoms with Crippen molar-refractivity contribution in [2.45, 2.75) is 115 Å². The van der Waals surface area contributed by atoms with Crippen LogP contribution in [-0.4, -0.2) is 107 Å². The fourth-order valence-corrected chi connectivity index (χ4v) is 8.34. The molecule has 22 nitrogen and oxygen atoms in total. The number of phosphoric acid groups is 3. The topological polar surface area (TPSA) is 302 Å². The fourth-order valence-electron chi connectivity index (χ4n) is 5.47. The van der Waals surface area contributed by atoms with Gasteiger partial charge in [0.15, 0.2) is 0 Å². The molecule has 5 unspecified atom stereocenters. The lowest BCUT2D eigenvalue weighted by Crippen LogP contribution is -3.11. The number of hydrogen-bond donors (Lipinski definition) is 5. The van der Waals surface area contributed by atoms with E-state index in [2.05, 4.69) is 106 Å². The Labute approximate surface area is 351 Å². The maximum absolute atomic E-state index is 12.0. The summed E-state index contributed by atoms with van der Waals surface area (Å²) in [5.74, 6) is 0. The number of nitrogens with zero attached hydrogens (tertiary/aromatic N) is 4. The average Bonchev–Trinajstić information content (AvgIpc) is 3.57. The number of aromatic nitrogens is 2. The maximum atomic E-state index is 12.0. The third-order valence-corrected chi connectivity index (χ3v) is 13.3. The zero-order valence-corrected chi connectivity index (χ0v) is 40.3. The van der Waals surface area contributed by atoms with E-state index in [1.54, 1.807) is 19.6 Å². The van der Waals surface area contributed by atoms with Crippen molar-refractivity contribution in [2.75, 3.05) is 85.1 Å². The zero-order valence-electron chi connectivity index (χ0n) is 37.6. The molecule has 350 valence electrons. The Balaban J connectivity index is -0.000000898. The average molecular weight is 912 g/mol. The second-order valence-corrected chi connectivity index (χ2v) is 17.4. The number of hydrogen-bond acceptors (Lipinski definition) is 14. The highest BCUT2D eigenvalue weighted by atomic mass is 31.3. The summed E-state index contributed by atoms with van der Waals surface area (Å²) < 4.78 is 50.2. The van der Waals surface area contributed by atoms with Crippen LogP contribution in [0.2, 0.25) is 0 Å². The smallest absolute Gasteiger partial charge is 0.330 e. The quantitative estimate of drug-likeness (QED) is 0.0365. The van der Waals surface area contributed by atoms with Crippen LogP contribution in [0, 0.1) is 6.92 Å². The summed E-state index contributed by atoms with van der Waals surface area (Å²) in [6.07, 6.45) is -1.48. The summed E-state index contributed by atoms with van der Waals surface area (Å²) in [4.78, 5) is 78.1. The first-order chi connectivity index (χ1) is 27.5. The van der Waals surface area contributed by atoms with Crippen LogP contribution in [0.3, 0.4) is 0 Å². The number of ether oxygens (including phenoxy) is 1. The molecule has 0 amide bonds. The van der Waals surface area contributed by atoms with Crippen LogP contribution < -0.4 is 50.4 Å². The van der Waals surface area contributed by atoms with Crippen LogP contribution in [0.1, 0.15) is 101 Å². The molecule has 0 radical (unpaired) electrons. The van der Waals surface area contributed by atoms with Crippen molar-refractivity contribution >= 4 is 23.5 Å². The third-order valence-electron chi connectivity index (χ3n) is 9.66. The van der Waals surface area contributed by atoms with Crippen molar-refractivity contribution in [3.8, 4) is 0 Å². The van der Waals surface area contributed by atoms with E-state index in [-0.39, 0.29) is 12.0 Å². The number of quaternary nitrogens is 4. The molecule has 1 saturated heterocycles. The molecule has 25 heteroatoms. The molecule has 0 aliphatic carbocycles. The number of aryl methyl sites for hydroxylation is 1. The van der Waals surface area contributed by atoms with Crippen molar-refractivity contribution in [3.63, 3.8) is 0 Å². The Morgan fingerprint density at radius 1 is 0.729 bits per heavy atom. The molecule has 0 aromatic carbocycles. The Kier molecular flexibility index (Phi) is 35.2. The Morgan fingerprint density at radius 3 is 1.41 bits per heavy atom. The molecule has 1 fully saturated rings. The summed E-state index contributed by atoms with van der Waals surface area (Å²) in [5.41, 5.74) is 7.27. The van der Waals surface area contributed by atoms with E-state index in [1.165, 1.54) is 85.5 Å². The van der Waals surface area contributed by atoms with E-state index in [0.29, 0.717) is 0 Å². The van der Waals surface area contributed by atoms with Crippen LogP contribution >= 0.6 is 23.5 Å². The van der Waals surface area contributed by atoms with Gasteiger partial charge in [0.05, 0.1) is 105 Å². The molecule has 2 heterocycles. The van der Waals surface area contributed by atoms with Gasteiger partial charge in [0.1, 0.15) is 6.23 Å². The molecule has 59 heavy (non-hydrogen) atoms. The minimum Gasteiger partial charge on any atom is -0.790 e. The lowest BCUT2D eigenvalue weighted by atomic mass is 10.1. The lowest BCUT2D eigenvalue weighted by molar-refractivity contribution is -0.894. The van der Waals surface area contributed by atoms with Gasteiger partial charge in [0, 0.05) is 23.1 Å². The number of azide groups is 1. The highest BCUT2D eigenvalue weighted by Crippen LogP contribution is 2.60. The van der Waals surface area contributed by atoms with E-state index in [4.69, 9.17) is 10.3 Å². The molecular weight excluding hydrogens is 835 g/mol. The van der Waals surface area contributed by atoms with Gasteiger partial charge in [-0.3, -0.25) is 27.8 Å². The molecule has 5 N–H and O–H groups in total. The second-order valence-electron chi connectivity index (χ2n) is 13.2. The van der Waals surface area contributed by atoms with Crippen LogP contribution in [0.15, 0.2) is 20.9 Å². The van der Waals surface area contributed by atoms with E-state index in [0.717, 1.165) is 10.8 Å². The van der Waals surface area contributed by atoms with Crippen LogP contribution in [0.5, 0.6) is 0 Å². The normalized spacial score (nSPS) is 18.2. The van der Waals surface area contributed by atoms with Crippen molar-refractivity contribution in [1.29, 1.82) is 0 Å². The first kappa shape index (κ1) is 61.5. The van der Waals surface area contributed by atoms with Gasteiger partial charge < -0.3 is 53.0 Å². The van der Waals surface area contributed by atoms with Gasteiger partial charge in [-0.15, -0.1) is 0 Å². The van der Waals surface area contributed by atoms with Crippen LogP contribution in [0.4, 0.5) is 0 Å². The monoisotopic (exact) mass is 911 g/mol. The largest absolute Gasteiger partial charge is 0.790 e.